The number of H-pyrrole nitrogens is 1. The number of hydrogen-bond donors (Lipinski definition) is 4. The second-order valence-corrected chi connectivity index (χ2v) is 14.7. The van der Waals surface area contributed by atoms with E-state index in [2.05, 4.69) is 40.6 Å². The molecular formula is C36H47N5O. The zero-order valence-corrected chi connectivity index (χ0v) is 24.8. The molecule has 5 N–H and O–H groups in total. The van der Waals surface area contributed by atoms with Crippen LogP contribution in [-0.4, -0.2) is 33.0 Å². The number of nitrogens with two attached hydrogens (primary N) is 1. The van der Waals surface area contributed by atoms with E-state index < -0.39 is 6.23 Å². The smallest absolute Gasteiger partial charge is 0.138 e. The van der Waals surface area contributed by atoms with Crippen LogP contribution >= 0.6 is 0 Å². The molecule has 0 spiro atoms. The standard InChI is InChI=1S/C36H47N5O/c37-34(38-32-19-24-4-6-27(32)16-24)25-7-9-26(10-8-25)35-39-31-13-11-28(20-33(31)40-35)36(42)41-30-12-5-23-14-21-2-1-3-22(15-23)18-29(30)17-21/h7-11,13,20-24,27,29-30,32,36,41-42H,1-6,12,14-19H2,(H2,37,38)(H,39,40)/t21-,22-,23?,24?,27?,29?,30?,32?,36?/m0/s1. The van der Waals surface area contributed by atoms with Gasteiger partial charge in [-0.3, -0.25) is 10.3 Å². The fourth-order valence-corrected chi connectivity index (χ4v) is 9.84. The molecule has 0 aliphatic heterocycles. The minimum Gasteiger partial charge on any atom is -0.383 e. The largest absolute Gasteiger partial charge is 0.383 e. The van der Waals surface area contributed by atoms with E-state index in [-0.39, 0.29) is 0 Å². The number of aliphatic hydroxyl groups is 1. The van der Waals surface area contributed by atoms with Crippen LogP contribution in [0.15, 0.2) is 47.5 Å². The highest BCUT2D eigenvalue weighted by molar-refractivity contribution is 5.98. The first kappa shape index (κ1) is 26.9. The van der Waals surface area contributed by atoms with E-state index in [9.17, 15) is 5.11 Å². The molecule has 5 unspecified atom stereocenters. The number of aliphatic imine (C=N–C) groups is 1. The average Bonchev–Trinajstić information content (AvgIpc) is 3.69. The lowest BCUT2D eigenvalue weighted by Crippen LogP contribution is -2.44. The molecule has 1 heterocycles. The van der Waals surface area contributed by atoms with E-state index in [0.717, 1.165) is 63.1 Å². The van der Waals surface area contributed by atoms with Crippen LogP contribution in [0.2, 0.25) is 0 Å². The second-order valence-electron chi connectivity index (χ2n) is 14.7. The van der Waals surface area contributed by atoms with Gasteiger partial charge in [-0.05, 0) is 111 Å². The van der Waals surface area contributed by atoms with Crippen molar-refractivity contribution in [1.29, 1.82) is 0 Å². The summed E-state index contributed by atoms with van der Waals surface area (Å²) in [6, 6.07) is 15.2. The monoisotopic (exact) mass is 565 g/mol. The third-order valence-electron chi connectivity index (χ3n) is 11.9. The van der Waals surface area contributed by atoms with Gasteiger partial charge < -0.3 is 15.8 Å². The Hall–Kier alpha value is -2.70. The normalized spacial score (nSPS) is 35.2. The van der Waals surface area contributed by atoms with Gasteiger partial charge in [-0.25, -0.2) is 4.98 Å². The van der Waals surface area contributed by atoms with Gasteiger partial charge in [-0.2, -0.15) is 0 Å². The van der Waals surface area contributed by atoms with Crippen molar-refractivity contribution in [3.63, 3.8) is 0 Å². The summed E-state index contributed by atoms with van der Waals surface area (Å²) < 4.78 is 0. The molecule has 6 bridgehead atoms. The maximum atomic E-state index is 11.4. The molecular weight excluding hydrogens is 518 g/mol. The predicted octanol–water partition coefficient (Wildman–Crippen LogP) is 7.09. The number of aromatic nitrogens is 2. The number of amidine groups is 1. The van der Waals surface area contributed by atoms with Crippen molar-refractivity contribution in [2.75, 3.05) is 0 Å². The van der Waals surface area contributed by atoms with Gasteiger partial charge >= 0.3 is 0 Å². The highest BCUT2D eigenvalue weighted by Gasteiger charge is 2.40. The van der Waals surface area contributed by atoms with Gasteiger partial charge in [0.2, 0.25) is 0 Å². The molecule has 6 nitrogen and oxygen atoms in total. The Kier molecular flexibility index (Phi) is 7.10. The number of aromatic amines is 1. The number of nitrogens with one attached hydrogen (secondary N) is 2. The van der Waals surface area contributed by atoms with Gasteiger partial charge in [-0.1, -0.05) is 56.0 Å². The van der Waals surface area contributed by atoms with E-state index in [1.54, 1.807) is 0 Å². The number of aliphatic hydroxyl groups excluding tert-OH is 1. The van der Waals surface area contributed by atoms with Crippen LogP contribution in [0.1, 0.15) is 101 Å². The Bertz CT molecular complexity index is 1430. The molecule has 6 heteroatoms. The summed E-state index contributed by atoms with van der Waals surface area (Å²) in [5, 5.41) is 15.1. The fraction of sp³-hybridized carbons (Fsp3) is 0.611. The van der Waals surface area contributed by atoms with E-state index in [1.807, 2.05) is 12.1 Å². The molecule has 42 heavy (non-hydrogen) atoms. The van der Waals surface area contributed by atoms with E-state index >= 15 is 0 Å². The Labute approximate surface area is 250 Å². The van der Waals surface area contributed by atoms with Gasteiger partial charge in [0.05, 0.1) is 17.1 Å². The summed E-state index contributed by atoms with van der Waals surface area (Å²) >= 11 is 0. The minimum atomic E-state index is -0.664. The van der Waals surface area contributed by atoms with Crippen molar-refractivity contribution in [1.82, 2.24) is 15.3 Å². The Morgan fingerprint density at radius 1 is 0.833 bits per heavy atom. The quantitative estimate of drug-likeness (QED) is 0.146. The van der Waals surface area contributed by atoms with Crippen LogP contribution in [0.4, 0.5) is 0 Å². The molecule has 0 saturated heterocycles. The summed E-state index contributed by atoms with van der Waals surface area (Å²) in [6.07, 6.45) is 16.9. The van der Waals surface area contributed by atoms with Crippen molar-refractivity contribution in [2.24, 2.45) is 46.2 Å². The number of hydrogen-bond acceptors (Lipinski definition) is 4. The topological polar surface area (TPSA) is 99.3 Å². The van der Waals surface area contributed by atoms with Gasteiger partial charge in [-0.15, -0.1) is 0 Å². The zero-order chi connectivity index (χ0) is 28.2. The first-order chi connectivity index (χ1) is 20.5. The first-order valence-corrected chi connectivity index (χ1v) is 16.9. The Morgan fingerprint density at radius 3 is 2.29 bits per heavy atom. The summed E-state index contributed by atoms with van der Waals surface area (Å²) in [6.45, 7) is 0. The lowest BCUT2D eigenvalue weighted by Gasteiger charge is -2.44. The summed E-state index contributed by atoms with van der Waals surface area (Å²) in [5.74, 6) is 6.46. The van der Waals surface area contributed by atoms with Gasteiger partial charge in [0.1, 0.15) is 17.9 Å². The zero-order valence-electron chi connectivity index (χ0n) is 24.8. The first-order valence-electron chi connectivity index (χ1n) is 16.9. The number of nitrogens with zero attached hydrogens (tertiary/aromatic N) is 2. The average molecular weight is 566 g/mol. The summed E-state index contributed by atoms with van der Waals surface area (Å²) in [7, 11) is 0. The molecule has 7 saturated carbocycles. The van der Waals surface area contributed by atoms with E-state index in [0.29, 0.717) is 23.8 Å². The lowest BCUT2D eigenvalue weighted by molar-refractivity contribution is 0.0534. The molecule has 0 radical (unpaired) electrons. The van der Waals surface area contributed by atoms with Crippen LogP contribution in [0, 0.1) is 35.5 Å². The fourth-order valence-electron chi connectivity index (χ4n) is 9.84. The molecule has 7 fully saturated rings. The molecule has 7 aliphatic rings. The number of imidazole rings is 1. The van der Waals surface area contributed by atoms with Crippen molar-refractivity contribution >= 4 is 16.9 Å². The highest BCUT2D eigenvalue weighted by atomic mass is 16.3. The molecule has 7 aliphatic carbocycles. The lowest BCUT2D eigenvalue weighted by atomic mass is 9.64. The van der Waals surface area contributed by atoms with Crippen LogP contribution in [-0.2, 0) is 0 Å². The van der Waals surface area contributed by atoms with Gasteiger partial charge in [0, 0.05) is 17.2 Å². The SMILES string of the molecule is NC(=NC1CC2CCC1C2)c1ccc(-c2nc3ccc(C(O)NC4CCC5C[C@@H]6CCC[C@@H](C5)CC4C6)cc3[nH]2)cc1. The van der Waals surface area contributed by atoms with Crippen LogP contribution < -0.4 is 11.1 Å². The van der Waals surface area contributed by atoms with Crippen molar-refractivity contribution in [3.8, 4) is 11.4 Å². The number of fused-ring (bicyclic) bond motifs is 7. The third kappa shape index (κ3) is 5.30. The summed E-state index contributed by atoms with van der Waals surface area (Å²) in [4.78, 5) is 13.3. The maximum Gasteiger partial charge on any atom is 0.138 e. The molecule has 222 valence electrons. The van der Waals surface area contributed by atoms with Crippen molar-refractivity contribution in [3.05, 3.63) is 53.6 Å². The predicted molar refractivity (Wildman–Crippen MR) is 169 cm³/mol. The highest BCUT2D eigenvalue weighted by Crippen LogP contribution is 2.47. The van der Waals surface area contributed by atoms with E-state index in [4.69, 9.17) is 15.7 Å². The molecule has 0 amide bonds. The van der Waals surface area contributed by atoms with Crippen LogP contribution in [0.25, 0.3) is 22.4 Å². The minimum absolute atomic E-state index is 0.400. The van der Waals surface area contributed by atoms with Crippen LogP contribution in [0.5, 0.6) is 0 Å². The third-order valence-corrected chi connectivity index (χ3v) is 11.9. The van der Waals surface area contributed by atoms with Crippen molar-refractivity contribution in [2.45, 2.75) is 102 Å². The molecule has 3 aromatic rings. The number of rotatable bonds is 6. The second kappa shape index (κ2) is 11.1. The molecule has 1 aromatic heterocycles. The van der Waals surface area contributed by atoms with Gasteiger partial charge in [0.15, 0.2) is 0 Å². The molecule has 10 rings (SSSR count). The van der Waals surface area contributed by atoms with Gasteiger partial charge in [0.25, 0.3) is 0 Å². The van der Waals surface area contributed by atoms with Crippen LogP contribution in [0.3, 0.4) is 0 Å². The van der Waals surface area contributed by atoms with Crippen molar-refractivity contribution < 1.29 is 5.11 Å². The number of benzene rings is 2. The summed E-state index contributed by atoms with van der Waals surface area (Å²) in [5.41, 5.74) is 11.2. The molecule has 7 atom stereocenters. The van der Waals surface area contributed by atoms with E-state index in [1.165, 1.54) is 83.5 Å². The Balaban J connectivity index is 0.963. The Morgan fingerprint density at radius 2 is 1.55 bits per heavy atom. The maximum absolute atomic E-state index is 11.4. The molecule has 2 aromatic carbocycles.